The summed E-state index contributed by atoms with van der Waals surface area (Å²) in [6.07, 6.45) is 0. The van der Waals surface area contributed by atoms with E-state index in [4.69, 9.17) is 23.2 Å². The van der Waals surface area contributed by atoms with Crippen molar-refractivity contribution in [3.05, 3.63) is 63.1 Å². The predicted molar refractivity (Wildman–Crippen MR) is 107 cm³/mol. The van der Waals surface area contributed by atoms with Crippen LogP contribution in [0.15, 0.2) is 41.3 Å². The third-order valence-electron chi connectivity index (χ3n) is 4.89. The quantitative estimate of drug-likeness (QED) is 0.750. The second kappa shape index (κ2) is 7.80. The monoisotopic (exact) mass is 426 g/mol. The summed E-state index contributed by atoms with van der Waals surface area (Å²) in [7, 11) is -3.76. The molecule has 0 spiro atoms. The molecule has 2 aromatic rings. The number of nitrogens with zero attached hydrogens (tertiary/aromatic N) is 2. The molecule has 1 saturated heterocycles. The Morgan fingerprint density at radius 1 is 0.963 bits per heavy atom. The van der Waals surface area contributed by atoms with E-state index in [0.29, 0.717) is 18.7 Å². The van der Waals surface area contributed by atoms with Crippen molar-refractivity contribution in [2.45, 2.75) is 18.7 Å². The molecule has 27 heavy (non-hydrogen) atoms. The van der Waals surface area contributed by atoms with Crippen LogP contribution in [0.1, 0.15) is 21.5 Å². The van der Waals surface area contributed by atoms with Crippen LogP contribution in [0.2, 0.25) is 10.0 Å². The van der Waals surface area contributed by atoms with Crippen molar-refractivity contribution in [3.63, 3.8) is 0 Å². The van der Waals surface area contributed by atoms with Crippen LogP contribution >= 0.6 is 23.2 Å². The van der Waals surface area contributed by atoms with Crippen LogP contribution in [0.5, 0.6) is 0 Å². The maximum absolute atomic E-state index is 12.9. The summed E-state index contributed by atoms with van der Waals surface area (Å²) in [5.41, 5.74) is 2.66. The molecule has 1 aliphatic heterocycles. The fourth-order valence-electron chi connectivity index (χ4n) is 3.11. The van der Waals surface area contributed by atoms with Crippen LogP contribution in [0.25, 0.3) is 0 Å². The zero-order valence-corrected chi connectivity index (χ0v) is 17.4. The van der Waals surface area contributed by atoms with E-state index in [-0.39, 0.29) is 33.9 Å². The third kappa shape index (κ3) is 3.85. The molecular weight excluding hydrogens is 407 g/mol. The standard InChI is InChI=1S/C19H20Cl2N2O3S/c1-13-5-3-6-15(14(13)2)19(24)22-9-11-23(12-10-22)27(25,26)17-8-4-7-16(20)18(17)21/h3-8H,9-12H2,1-2H3. The van der Waals surface area contributed by atoms with Gasteiger partial charge in [-0.1, -0.05) is 41.4 Å². The highest BCUT2D eigenvalue weighted by Crippen LogP contribution is 2.31. The molecule has 0 aliphatic carbocycles. The molecule has 1 heterocycles. The maximum Gasteiger partial charge on any atom is 0.254 e. The van der Waals surface area contributed by atoms with Crippen molar-refractivity contribution in [3.8, 4) is 0 Å². The maximum atomic E-state index is 12.9. The van der Waals surface area contributed by atoms with Crippen LogP contribution in [0.3, 0.4) is 0 Å². The Balaban J connectivity index is 1.76. The molecule has 0 atom stereocenters. The topological polar surface area (TPSA) is 57.7 Å². The summed E-state index contributed by atoms with van der Waals surface area (Å²) < 4.78 is 27.1. The molecule has 1 aliphatic rings. The number of benzene rings is 2. The van der Waals surface area contributed by atoms with Crippen LogP contribution < -0.4 is 0 Å². The number of rotatable bonds is 3. The molecule has 0 radical (unpaired) electrons. The van der Waals surface area contributed by atoms with Crippen LogP contribution in [0, 0.1) is 13.8 Å². The van der Waals surface area contributed by atoms with E-state index in [9.17, 15) is 13.2 Å². The molecular formula is C19H20Cl2N2O3S. The van der Waals surface area contributed by atoms with E-state index < -0.39 is 10.0 Å². The first-order chi connectivity index (χ1) is 12.7. The van der Waals surface area contributed by atoms with Crippen molar-refractivity contribution < 1.29 is 13.2 Å². The van der Waals surface area contributed by atoms with E-state index in [1.54, 1.807) is 23.1 Å². The lowest BCUT2D eigenvalue weighted by Crippen LogP contribution is -2.50. The summed E-state index contributed by atoms with van der Waals surface area (Å²) in [5.74, 6) is -0.0750. The fraction of sp³-hybridized carbons (Fsp3) is 0.316. The summed E-state index contributed by atoms with van der Waals surface area (Å²) in [4.78, 5) is 14.5. The van der Waals surface area contributed by atoms with Gasteiger partial charge in [0.15, 0.2) is 0 Å². The summed E-state index contributed by atoms with van der Waals surface area (Å²) in [5, 5.41) is 0.217. The Bertz CT molecular complexity index is 984. The lowest BCUT2D eigenvalue weighted by atomic mass is 10.0. The molecule has 2 aromatic carbocycles. The van der Waals surface area contributed by atoms with Crippen molar-refractivity contribution in [1.82, 2.24) is 9.21 Å². The lowest BCUT2D eigenvalue weighted by molar-refractivity contribution is 0.0697. The van der Waals surface area contributed by atoms with Gasteiger partial charge in [0.1, 0.15) is 4.90 Å². The zero-order valence-electron chi connectivity index (χ0n) is 15.1. The van der Waals surface area contributed by atoms with Gasteiger partial charge in [-0.2, -0.15) is 4.31 Å². The molecule has 8 heteroatoms. The highest BCUT2D eigenvalue weighted by atomic mass is 35.5. The lowest BCUT2D eigenvalue weighted by Gasteiger charge is -2.34. The molecule has 0 aromatic heterocycles. The number of sulfonamides is 1. The third-order valence-corrected chi connectivity index (χ3v) is 7.77. The molecule has 1 fully saturated rings. The van der Waals surface area contributed by atoms with E-state index in [1.165, 1.54) is 10.4 Å². The van der Waals surface area contributed by atoms with Gasteiger partial charge in [0.25, 0.3) is 5.91 Å². The van der Waals surface area contributed by atoms with Crippen LogP contribution in [-0.2, 0) is 10.0 Å². The summed E-state index contributed by atoms with van der Waals surface area (Å²) >= 11 is 12.0. The van der Waals surface area contributed by atoms with Crippen molar-refractivity contribution in [2.24, 2.45) is 0 Å². The molecule has 144 valence electrons. The zero-order chi connectivity index (χ0) is 19.8. The highest BCUT2D eigenvalue weighted by Gasteiger charge is 2.32. The molecule has 0 N–H and O–H groups in total. The normalized spacial score (nSPS) is 15.8. The summed E-state index contributed by atoms with van der Waals surface area (Å²) in [6.45, 7) is 4.95. The average Bonchev–Trinajstić information content (AvgIpc) is 2.65. The first-order valence-electron chi connectivity index (χ1n) is 8.53. The van der Waals surface area contributed by atoms with Crippen LogP contribution in [-0.4, -0.2) is 49.7 Å². The second-order valence-corrected chi connectivity index (χ2v) is 9.19. The molecule has 0 saturated carbocycles. The number of halogens is 2. The fourth-order valence-corrected chi connectivity index (χ4v) is 5.27. The Labute approximate surface area is 169 Å². The van der Waals surface area contributed by atoms with E-state index >= 15 is 0 Å². The van der Waals surface area contributed by atoms with Gasteiger partial charge in [0.2, 0.25) is 10.0 Å². The number of amides is 1. The number of carbonyl (C=O) groups is 1. The second-order valence-electron chi connectivity index (χ2n) is 6.50. The van der Waals surface area contributed by atoms with Crippen LogP contribution in [0.4, 0.5) is 0 Å². The molecule has 1 amide bonds. The van der Waals surface area contributed by atoms with E-state index in [0.717, 1.165) is 11.1 Å². The Morgan fingerprint density at radius 2 is 1.59 bits per heavy atom. The predicted octanol–water partition coefficient (Wildman–Crippen LogP) is 3.76. The van der Waals surface area contributed by atoms with Gasteiger partial charge in [-0.05, 0) is 43.2 Å². The van der Waals surface area contributed by atoms with Gasteiger partial charge in [-0.15, -0.1) is 0 Å². The van der Waals surface area contributed by atoms with Crippen molar-refractivity contribution >= 4 is 39.1 Å². The minimum Gasteiger partial charge on any atom is -0.336 e. The Morgan fingerprint density at radius 3 is 2.26 bits per heavy atom. The Hall–Kier alpha value is -1.60. The van der Waals surface area contributed by atoms with Crippen molar-refractivity contribution in [2.75, 3.05) is 26.2 Å². The first kappa shape index (κ1) is 20.1. The number of hydrogen-bond acceptors (Lipinski definition) is 3. The van der Waals surface area contributed by atoms with Crippen molar-refractivity contribution in [1.29, 1.82) is 0 Å². The minimum absolute atomic E-state index is 0.00836. The first-order valence-corrected chi connectivity index (χ1v) is 10.7. The van der Waals surface area contributed by atoms with E-state index in [1.807, 2.05) is 26.0 Å². The van der Waals surface area contributed by atoms with E-state index in [2.05, 4.69) is 0 Å². The minimum atomic E-state index is -3.76. The molecule has 0 unspecified atom stereocenters. The number of piperazine rings is 1. The summed E-state index contributed by atoms with van der Waals surface area (Å²) in [6, 6.07) is 10.2. The smallest absolute Gasteiger partial charge is 0.254 e. The molecule has 3 rings (SSSR count). The van der Waals surface area contributed by atoms with Gasteiger partial charge < -0.3 is 4.90 Å². The number of carbonyl (C=O) groups excluding carboxylic acids is 1. The largest absolute Gasteiger partial charge is 0.336 e. The average molecular weight is 427 g/mol. The van der Waals surface area contributed by atoms with Gasteiger partial charge in [-0.3, -0.25) is 4.79 Å². The van der Waals surface area contributed by atoms with Gasteiger partial charge in [0.05, 0.1) is 10.0 Å². The SMILES string of the molecule is Cc1cccc(C(=O)N2CCN(S(=O)(=O)c3cccc(Cl)c3Cl)CC2)c1C. The van der Waals surface area contributed by atoms with Gasteiger partial charge in [0, 0.05) is 31.7 Å². The Kier molecular flexibility index (Phi) is 5.82. The number of hydrogen-bond donors (Lipinski definition) is 0. The number of aryl methyl sites for hydroxylation is 1. The molecule has 5 nitrogen and oxygen atoms in total. The molecule has 0 bridgehead atoms. The van der Waals surface area contributed by atoms with Gasteiger partial charge in [-0.25, -0.2) is 8.42 Å². The van der Waals surface area contributed by atoms with Gasteiger partial charge >= 0.3 is 0 Å². The highest BCUT2D eigenvalue weighted by molar-refractivity contribution is 7.89.